The van der Waals surface area contributed by atoms with E-state index in [4.69, 9.17) is 29.2 Å². The van der Waals surface area contributed by atoms with E-state index in [1.807, 2.05) is 0 Å². The largest absolute Gasteiger partial charge is 0.468 e. The summed E-state index contributed by atoms with van der Waals surface area (Å²) < 4.78 is 66.1. The number of rotatable bonds is 20. The quantitative estimate of drug-likeness (QED) is 0.109. The molecule has 10 nitrogen and oxygen atoms in total. The van der Waals surface area contributed by atoms with Crippen LogP contribution in [0.3, 0.4) is 0 Å². The Morgan fingerprint density at radius 1 is 0.800 bits per heavy atom. The molecule has 0 saturated carbocycles. The Balaban J connectivity index is 4.85. The third-order valence-electron chi connectivity index (χ3n) is 4.76. The van der Waals surface area contributed by atoms with Crippen LogP contribution in [0.4, 0.5) is 0 Å². The van der Waals surface area contributed by atoms with E-state index in [-0.39, 0.29) is 5.75 Å². The molecule has 0 atom stereocenters. The zero-order chi connectivity index (χ0) is 23.1. The zero-order valence-corrected chi connectivity index (χ0v) is 33.0. The average Bonchev–Trinajstić information content (AvgIpc) is 2.71. The summed E-state index contributed by atoms with van der Waals surface area (Å²) in [6.07, 6.45) is 2.13. The predicted molar refractivity (Wildman–Crippen MR) is 143 cm³/mol. The van der Waals surface area contributed by atoms with E-state index in [2.05, 4.69) is 18.0 Å². The third kappa shape index (κ3) is 13.2. The van der Waals surface area contributed by atoms with Gasteiger partial charge in [0.05, 0.1) is 5.75 Å². The first-order valence-electron chi connectivity index (χ1n) is 10.3. The summed E-state index contributed by atoms with van der Waals surface area (Å²) in [5.74, 6) is -0.226. The molecule has 0 aliphatic carbocycles. The van der Waals surface area contributed by atoms with Crippen LogP contribution >= 0.6 is 0 Å². The van der Waals surface area contributed by atoms with Gasteiger partial charge in [0.2, 0.25) is 0 Å². The zero-order valence-electron chi connectivity index (χ0n) is 19.3. The molecular weight excluding hydrogens is 547 g/mol. The Morgan fingerprint density at radius 2 is 1.17 bits per heavy atom. The summed E-state index contributed by atoms with van der Waals surface area (Å²) in [5.41, 5.74) is 0. The Kier molecular flexibility index (Phi) is 17.7. The minimum atomic E-state index is -3.94. The average molecular weight is 588 g/mol. The van der Waals surface area contributed by atoms with Crippen LogP contribution in [0.1, 0.15) is 19.3 Å². The van der Waals surface area contributed by atoms with Crippen LogP contribution in [0.15, 0.2) is 0 Å². The van der Waals surface area contributed by atoms with E-state index in [1.165, 1.54) is 0 Å². The van der Waals surface area contributed by atoms with Gasteiger partial charge in [-0.15, -0.1) is 0 Å². The fourth-order valence-corrected chi connectivity index (χ4v) is 23.3. The maximum Gasteiger partial charge on any atom is 0.468 e. The fraction of sp³-hybridized carbons (Fsp3) is 1.00. The van der Waals surface area contributed by atoms with Crippen molar-refractivity contribution in [2.24, 2.45) is 0 Å². The highest BCUT2D eigenvalue weighted by molar-refractivity contribution is 7.85. The molecule has 0 saturated heterocycles. The molecule has 0 aliphatic rings. The molecule has 0 aromatic carbocycles. The first kappa shape index (κ1) is 31.4. The van der Waals surface area contributed by atoms with Gasteiger partial charge in [-0.05, 0) is 38.9 Å². The van der Waals surface area contributed by atoms with Gasteiger partial charge < -0.3 is 29.6 Å². The molecule has 0 rings (SSSR count). The first-order chi connectivity index (χ1) is 14.1. The molecular formula is C11H41NO9SSi8. The van der Waals surface area contributed by atoms with Gasteiger partial charge in [0.15, 0.2) is 0 Å². The topological polar surface area (TPSA) is 113 Å². The smallest absolute Gasteiger partial charge is 0.425 e. The highest BCUT2D eigenvalue weighted by Crippen LogP contribution is 2.18. The Hall–Kier alpha value is 1.37. The fourth-order valence-electron chi connectivity index (χ4n) is 3.24. The van der Waals surface area contributed by atoms with Crippen molar-refractivity contribution in [1.29, 1.82) is 0 Å². The molecule has 0 aliphatic heterocycles. The van der Waals surface area contributed by atoms with Gasteiger partial charge in [0.25, 0.3) is 10.1 Å². The lowest BCUT2D eigenvalue weighted by molar-refractivity contribution is 0.248. The predicted octanol–water partition coefficient (Wildman–Crippen LogP) is -5.29. The lowest BCUT2D eigenvalue weighted by Gasteiger charge is -2.30. The lowest BCUT2D eigenvalue weighted by atomic mass is 10.3. The molecule has 0 aromatic heterocycles. The van der Waals surface area contributed by atoms with Crippen molar-refractivity contribution in [3.05, 3.63) is 0 Å². The summed E-state index contributed by atoms with van der Waals surface area (Å²) in [4.78, 5) is 2.23. The van der Waals surface area contributed by atoms with Crippen molar-refractivity contribution in [2.75, 3.05) is 25.4 Å². The van der Waals surface area contributed by atoms with E-state index in [0.717, 1.165) is 38.0 Å². The van der Waals surface area contributed by atoms with Gasteiger partial charge in [-0.25, -0.2) is 0 Å². The molecule has 0 unspecified atom stereocenters. The highest BCUT2D eigenvalue weighted by atomic mass is 32.2. The number of nitrogens with zero attached hydrogens (tertiary/aromatic N) is 1. The van der Waals surface area contributed by atoms with E-state index < -0.39 is 47.3 Å². The number of hydrogen-bond acceptors (Lipinski definition) is 9. The van der Waals surface area contributed by atoms with Gasteiger partial charge >= 0.3 is 17.6 Å². The Bertz CT molecular complexity index is 513. The summed E-state index contributed by atoms with van der Waals surface area (Å²) in [6, 6.07) is 1.57. The van der Waals surface area contributed by atoms with Gasteiger partial charge in [0.1, 0.15) is 61.5 Å². The molecule has 0 radical (unpaired) electrons. The molecule has 0 spiro atoms. The van der Waals surface area contributed by atoms with Crippen LogP contribution in [-0.2, 0) is 34.8 Å². The Labute approximate surface area is 201 Å². The summed E-state index contributed by atoms with van der Waals surface area (Å²) >= 11 is 0. The SMILES string of the molecule is C[SiH2]O[Si](CCCN(CCC[Si](O[SiH3])(O[SiH3])O[SiH2]C)CCCS(=O)(=O)O)(O[SiH3])O[SiH3]. The molecule has 1 N–H and O–H groups in total. The van der Waals surface area contributed by atoms with Crippen molar-refractivity contribution in [3.8, 4) is 0 Å². The van der Waals surface area contributed by atoms with Crippen LogP contribution in [0.25, 0.3) is 0 Å². The molecule has 0 amide bonds. The first-order valence-corrected chi connectivity index (χ1v) is 23.0. The molecule has 30 heavy (non-hydrogen) atoms. The molecule has 0 heterocycles. The lowest BCUT2D eigenvalue weighted by Crippen LogP contribution is -2.46. The Morgan fingerprint density at radius 3 is 1.47 bits per heavy atom. The maximum absolute atomic E-state index is 11.1. The van der Waals surface area contributed by atoms with Gasteiger partial charge in [0, 0.05) is 12.1 Å². The monoisotopic (exact) mass is 587 g/mol. The van der Waals surface area contributed by atoms with Crippen LogP contribution in [-0.4, -0.2) is 122 Å². The van der Waals surface area contributed by atoms with Crippen LogP contribution < -0.4 is 0 Å². The molecule has 0 aromatic rings. The summed E-state index contributed by atoms with van der Waals surface area (Å²) in [5, 5.41) is 0. The normalized spacial score (nSPS) is 17.7. The standard InChI is InChI=1S/C11H41NO9SSi8/c1-27-20-29(16-23,17-24)10-4-7-12(6-3-9-22(13,14)15)8-5-11-30(18-25,19-26)21-28-2/h3-11,27-28H2,1-2,23-26H3,(H,13,14,15). The molecule has 0 fully saturated rings. The van der Waals surface area contributed by atoms with Gasteiger partial charge in [-0.1, -0.05) is 13.1 Å². The van der Waals surface area contributed by atoms with E-state index >= 15 is 0 Å². The summed E-state index contributed by atoms with van der Waals surface area (Å²) in [6.45, 7) is 6.36. The second-order valence-electron chi connectivity index (χ2n) is 6.74. The van der Waals surface area contributed by atoms with Crippen LogP contribution in [0, 0.1) is 0 Å². The molecule has 19 heteroatoms. The van der Waals surface area contributed by atoms with Crippen LogP contribution in [0.2, 0.25) is 25.2 Å². The number of hydrogen-bond donors (Lipinski definition) is 1. The van der Waals surface area contributed by atoms with E-state index in [1.54, 1.807) is 0 Å². The summed E-state index contributed by atoms with van der Waals surface area (Å²) in [7, 11) is -7.71. The van der Waals surface area contributed by atoms with Gasteiger partial charge in [-0.2, -0.15) is 8.42 Å². The second-order valence-corrected chi connectivity index (χ2v) is 22.0. The van der Waals surface area contributed by atoms with Crippen molar-refractivity contribution < 1.29 is 37.7 Å². The van der Waals surface area contributed by atoms with E-state index in [9.17, 15) is 8.42 Å². The van der Waals surface area contributed by atoms with Crippen molar-refractivity contribution in [3.63, 3.8) is 0 Å². The van der Waals surface area contributed by atoms with Crippen molar-refractivity contribution in [1.82, 2.24) is 4.90 Å². The van der Waals surface area contributed by atoms with E-state index in [0.29, 0.717) is 54.9 Å². The maximum atomic E-state index is 11.1. The van der Waals surface area contributed by atoms with Gasteiger partial charge in [-0.3, -0.25) is 4.55 Å². The minimum absolute atomic E-state index is 0.226. The third-order valence-corrected chi connectivity index (χ3v) is 23.3. The molecule has 0 bridgehead atoms. The minimum Gasteiger partial charge on any atom is -0.425 e. The van der Waals surface area contributed by atoms with Crippen molar-refractivity contribution in [2.45, 2.75) is 44.4 Å². The highest BCUT2D eigenvalue weighted by Gasteiger charge is 2.37. The molecule has 182 valence electrons. The van der Waals surface area contributed by atoms with Crippen molar-refractivity contribution >= 4 is 89.2 Å². The van der Waals surface area contributed by atoms with Crippen LogP contribution in [0.5, 0.6) is 0 Å². The second kappa shape index (κ2) is 16.9.